The Balaban J connectivity index is 2.64. The van der Waals surface area contributed by atoms with Crippen LogP contribution in [0.5, 0.6) is 5.88 Å². The van der Waals surface area contributed by atoms with Crippen LogP contribution < -0.4 is 10.1 Å². The zero-order chi connectivity index (χ0) is 15.2. The number of pyridine rings is 1. The van der Waals surface area contributed by atoms with Gasteiger partial charge in [0.25, 0.3) is 0 Å². The summed E-state index contributed by atoms with van der Waals surface area (Å²) in [4.78, 5) is 4.54. The third-order valence-electron chi connectivity index (χ3n) is 2.72. The number of hydrogen-bond donors (Lipinski definition) is 1. The highest BCUT2D eigenvalue weighted by Gasteiger charge is 2.10. The lowest BCUT2D eigenvalue weighted by molar-refractivity contribution is -0.0168. The fraction of sp³-hybridized carbons (Fsp3) is 0.688. The average molecular weight is 280 g/mol. The number of nitrogens with one attached hydrogen (secondary N) is 1. The van der Waals surface area contributed by atoms with Crippen molar-refractivity contribution in [3.63, 3.8) is 0 Å². The van der Waals surface area contributed by atoms with Crippen molar-refractivity contribution >= 4 is 0 Å². The lowest BCUT2D eigenvalue weighted by atomic mass is 10.1. The van der Waals surface area contributed by atoms with E-state index < -0.39 is 0 Å². The van der Waals surface area contributed by atoms with Gasteiger partial charge in [0.2, 0.25) is 5.88 Å². The first-order chi connectivity index (χ1) is 9.31. The summed E-state index contributed by atoms with van der Waals surface area (Å²) in [6.45, 7) is 12.3. The average Bonchev–Trinajstić information content (AvgIpc) is 2.33. The van der Waals surface area contributed by atoms with E-state index in [0.717, 1.165) is 12.2 Å². The molecular weight excluding hydrogens is 252 g/mol. The first-order valence-corrected chi connectivity index (χ1v) is 7.24. The predicted molar refractivity (Wildman–Crippen MR) is 82.3 cm³/mol. The lowest BCUT2D eigenvalue weighted by Crippen LogP contribution is -2.22. The number of rotatable bonds is 7. The molecule has 4 heteroatoms. The first kappa shape index (κ1) is 16.9. The summed E-state index contributed by atoms with van der Waals surface area (Å²) in [6, 6.07) is 4.11. The zero-order valence-corrected chi connectivity index (χ0v) is 13.6. The Morgan fingerprint density at radius 3 is 2.45 bits per heavy atom. The van der Waals surface area contributed by atoms with Crippen molar-refractivity contribution in [1.82, 2.24) is 10.3 Å². The maximum absolute atomic E-state index is 5.72. The van der Waals surface area contributed by atoms with Crippen molar-refractivity contribution in [3.05, 3.63) is 23.4 Å². The van der Waals surface area contributed by atoms with Gasteiger partial charge in [-0.1, -0.05) is 13.8 Å². The minimum Gasteiger partial charge on any atom is -0.475 e. The van der Waals surface area contributed by atoms with Gasteiger partial charge in [-0.2, -0.15) is 0 Å². The molecule has 114 valence electrons. The van der Waals surface area contributed by atoms with Crippen LogP contribution in [0.3, 0.4) is 0 Å². The van der Waals surface area contributed by atoms with Crippen LogP contribution in [0.4, 0.5) is 0 Å². The first-order valence-electron chi connectivity index (χ1n) is 7.24. The maximum atomic E-state index is 5.72. The van der Waals surface area contributed by atoms with E-state index in [0.29, 0.717) is 25.0 Å². The van der Waals surface area contributed by atoms with Crippen molar-refractivity contribution in [2.45, 2.75) is 52.7 Å². The summed E-state index contributed by atoms with van der Waals surface area (Å²) in [7, 11) is 1.94. The Labute approximate surface area is 122 Å². The van der Waals surface area contributed by atoms with Crippen LogP contribution in [0.15, 0.2) is 12.1 Å². The zero-order valence-electron chi connectivity index (χ0n) is 13.6. The summed E-state index contributed by atoms with van der Waals surface area (Å²) in [5.41, 5.74) is 2.12. The summed E-state index contributed by atoms with van der Waals surface area (Å²) in [6.07, 6.45) is 0. The van der Waals surface area contributed by atoms with Gasteiger partial charge >= 0.3 is 0 Å². The predicted octanol–water partition coefficient (Wildman–Crippen LogP) is 3.12. The van der Waals surface area contributed by atoms with Gasteiger partial charge in [-0.25, -0.2) is 4.98 Å². The van der Waals surface area contributed by atoms with Gasteiger partial charge in [-0.3, -0.25) is 0 Å². The van der Waals surface area contributed by atoms with Gasteiger partial charge in [0.1, 0.15) is 6.61 Å². The van der Waals surface area contributed by atoms with E-state index in [1.807, 2.05) is 33.9 Å². The molecule has 0 amide bonds. The Morgan fingerprint density at radius 1 is 1.20 bits per heavy atom. The topological polar surface area (TPSA) is 43.4 Å². The Hall–Kier alpha value is -1.13. The van der Waals surface area contributed by atoms with Crippen LogP contribution in [-0.4, -0.2) is 30.8 Å². The third-order valence-corrected chi connectivity index (χ3v) is 2.72. The third kappa shape index (κ3) is 6.35. The SMILES string of the molecule is CNCc1cc(OCCOC(C)(C)C)nc(C(C)C)c1. The molecule has 0 aliphatic rings. The summed E-state index contributed by atoms with van der Waals surface area (Å²) < 4.78 is 11.4. The molecule has 0 aliphatic carbocycles. The normalized spacial score (nSPS) is 11.9. The molecule has 1 heterocycles. The summed E-state index contributed by atoms with van der Waals surface area (Å²) in [5.74, 6) is 1.07. The van der Waals surface area contributed by atoms with Gasteiger partial charge < -0.3 is 14.8 Å². The highest BCUT2D eigenvalue weighted by Crippen LogP contribution is 2.19. The van der Waals surface area contributed by atoms with Crippen LogP contribution in [0, 0.1) is 0 Å². The van der Waals surface area contributed by atoms with E-state index in [4.69, 9.17) is 9.47 Å². The molecule has 0 bridgehead atoms. The van der Waals surface area contributed by atoms with E-state index in [1.54, 1.807) is 0 Å². The highest BCUT2D eigenvalue weighted by atomic mass is 16.5. The molecule has 0 unspecified atom stereocenters. The standard InChI is InChI=1S/C16H28N2O2/c1-12(2)14-9-13(11-17-6)10-15(18-14)19-7-8-20-16(3,4)5/h9-10,12,17H,7-8,11H2,1-6H3. The van der Waals surface area contributed by atoms with Gasteiger partial charge in [0.15, 0.2) is 0 Å². The van der Waals surface area contributed by atoms with E-state index >= 15 is 0 Å². The fourth-order valence-electron chi connectivity index (χ4n) is 1.75. The molecule has 0 aromatic carbocycles. The van der Waals surface area contributed by atoms with E-state index in [2.05, 4.69) is 30.2 Å². The van der Waals surface area contributed by atoms with Crippen molar-refractivity contribution < 1.29 is 9.47 Å². The molecule has 4 nitrogen and oxygen atoms in total. The minimum atomic E-state index is -0.131. The molecule has 0 radical (unpaired) electrons. The molecule has 0 atom stereocenters. The quantitative estimate of drug-likeness (QED) is 0.779. The second-order valence-corrected chi connectivity index (χ2v) is 6.23. The number of hydrogen-bond acceptors (Lipinski definition) is 4. The minimum absolute atomic E-state index is 0.131. The molecule has 1 aromatic heterocycles. The molecule has 0 saturated carbocycles. The number of aromatic nitrogens is 1. The number of ether oxygens (including phenoxy) is 2. The van der Waals surface area contributed by atoms with Crippen LogP contribution in [-0.2, 0) is 11.3 Å². The molecule has 1 N–H and O–H groups in total. The molecule has 1 rings (SSSR count). The molecule has 0 fully saturated rings. The van der Waals surface area contributed by atoms with Gasteiger partial charge in [0.05, 0.1) is 12.2 Å². The Kier molecular flexibility index (Phi) is 6.43. The highest BCUT2D eigenvalue weighted by molar-refractivity contribution is 5.26. The van der Waals surface area contributed by atoms with Crippen molar-refractivity contribution in [3.8, 4) is 5.88 Å². The molecule has 20 heavy (non-hydrogen) atoms. The summed E-state index contributed by atoms with van der Waals surface area (Å²) >= 11 is 0. The smallest absolute Gasteiger partial charge is 0.213 e. The van der Waals surface area contributed by atoms with Crippen LogP contribution in [0.1, 0.15) is 51.8 Å². The summed E-state index contributed by atoms with van der Waals surface area (Å²) in [5, 5.41) is 3.16. The van der Waals surface area contributed by atoms with E-state index in [9.17, 15) is 0 Å². The van der Waals surface area contributed by atoms with Gasteiger partial charge in [0, 0.05) is 18.3 Å². The van der Waals surface area contributed by atoms with Crippen molar-refractivity contribution in [1.29, 1.82) is 0 Å². The molecule has 0 spiro atoms. The molecule has 1 aromatic rings. The Bertz CT molecular complexity index is 411. The second kappa shape index (κ2) is 7.60. The fourth-order valence-corrected chi connectivity index (χ4v) is 1.75. The molecule has 0 saturated heterocycles. The number of nitrogens with zero attached hydrogens (tertiary/aromatic N) is 1. The second-order valence-electron chi connectivity index (χ2n) is 6.23. The van der Waals surface area contributed by atoms with E-state index in [1.165, 1.54) is 5.56 Å². The van der Waals surface area contributed by atoms with Crippen molar-refractivity contribution in [2.75, 3.05) is 20.3 Å². The largest absolute Gasteiger partial charge is 0.475 e. The molecule has 0 aliphatic heterocycles. The van der Waals surface area contributed by atoms with E-state index in [-0.39, 0.29) is 5.60 Å². The van der Waals surface area contributed by atoms with Crippen molar-refractivity contribution in [2.24, 2.45) is 0 Å². The van der Waals surface area contributed by atoms with Gasteiger partial charge in [-0.15, -0.1) is 0 Å². The van der Waals surface area contributed by atoms with Crippen LogP contribution >= 0.6 is 0 Å². The van der Waals surface area contributed by atoms with Gasteiger partial charge in [-0.05, 0) is 45.4 Å². The monoisotopic (exact) mass is 280 g/mol. The Morgan fingerprint density at radius 2 is 1.90 bits per heavy atom. The molecular formula is C16H28N2O2. The van der Waals surface area contributed by atoms with Crippen LogP contribution in [0.2, 0.25) is 0 Å². The lowest BCUT2D eigenvalue weighted by Gasteiger charge is -2.19. The van der Waals surface area contributed by atoms with Crippen LogP contribution in [0.25, 0.3) is 0 Å². The maximum Gasteiger partial charge on any atom is 0.213 e.